The molecule has 8 heteroatoms. The Balaban J connectivity index is 3.41. The molecule has 1 aromatic rings. The fourth-order valence-corrected chi connectivity index (χ4v) is 1.31. The van der Waals surface area contributed by atoms with Gasteiger partial charge in [-0.25, -0.2) is 0 Å². The number of aromatic nitrogens is 2. The number of methoxy groups -OCH3 is 2. The van der Waals surface area contributed by atoms with Crippen molar-refractivity contribution in [3.8, 4) is 11.9 Å². The van der Waals surface area contributed by atoms with Crippen LogP contribution in [0.4, 0.5) is 13.2 Å². The maximum atomic E-state index is 12.8. The first-order chi connectivity index (χ1) is 7.93. The number of rotatable bonds is 4. The topological polar surface area (TPSA) is 70.3 Å². The van der Waals surface area contributed by atoms with E-state index >= 15 is 0 Å². The van der Waals surface area contributed by atoms with Crippen LogP contribution in [0.3, 0.4) is 0 Å². The molecule has 0 unspecified atom stereocenters. The first-order valence-electron chi connectivity index (χ1n) is 4.70. The highest BCUT2D eigenvalue weighted by molar-refractivity contribution is 5.34. The summed E-state index contributed by atoms with van der Waals surface area (Å²) < 4.78 is 47.7. The largest absolute Gasteiger partial charge is 0.481 e. The van der Waals surface area contributed by atoms with Crippen LogP contribution in [0, 0.1) is 0 Å². The molecule has 0 spiro atoms. The average Bonchev–Trinajstić information content (AvgIpc) is 2.28. The van der Waals surface area contributed by atoms with Crippen molar-refractivity contribution in [2.24, 2.45) is 5.73 Å². The summed E-state index contributed by atoms with van der Waals surface area (Å²) >= 11 is 0. The van der Waals surface area contributed by atoms with Crippen molar-refractivity contribution in [2.75, 3.05) is 20.8 Å². The number of hydrogen-bond donors (Lipinski definition) is 1. The minimum atomic E-state index is -4.60. The van der Waals surface area contributed by atoms with Gasteiger partial charge in [-0.2, -0.15) is 23.1 Å². The normalized spacial score (nSPS) is 11.4. The standard InChI is InChI=1S/C9H12F3N3O2/c1-16-7-5(3-4-13)6(9(10,11)12)14-8(15-7)17-2/h3-4,13H2,1-2H3. The Hall–Kier alpha value is -1.57. The van der Waals surface area contributed by atoms with Gasteiger partial charge in [-0.3, -0.25) is 0 Å². The number of hydrogen-bond acceptors (Lipinski definition) is 5. The molecular formula is C9H12F3N3O2. The number of nitrogens with two attached hydrogens (primary N) is 1. The van der Waals surface area contributed by atoms with Crippen LogP contribution in [-0.2, 0) is 12.6 Å². The van der Waals surface area contributed by atoms with Crippen LogP contribution in [0.5, 0.6) is 11.9 Å². The number of nitrogens with zero attached hydrogens (tertiary/aromatic N) is 2. The van der Waals surface area contributed by atoms with E-state index < -0.39 is 17.9 Å². The van der Waals surface area contributed by atoms with E-state index in [1.54, 1.807) is 0 Å². The highest BCUT2D eigenvalue weighted by Gasteiger charge is 2.38. The lowest BCUT2D eigenvalue weighted by atomic mass is 10.1. The fraction of sp³-hybridized carbons (Fsp3) is 0.556. The van der Waals surface area contributed by atoms with Gasteiger partial charge in [0.25, 0.3) is 0 Å². The molecule has 0 aliphatic carbocycles. The Morgan fingerprint density at radius 1 is 1.18 bits per heavy atom. The first kappa shape index (κ1) is 13.5. The predicted octanol–water partition coefficient (Wildman–Crippen LogP) is 1.01. The molecule has 17 heavy (non-hydrogen) atoms. The Morgan fingerprint density at radius 3 is 2.24 bits per heavy atom. The van der Waals surface area contributed by atoms with E-state index in [-0.39, 0.29) is 24.4 Å². The van der Waals surface area contributed by atoms with Crippen LogP contribution in [0.2, 0.25) is 0 Å². The Bertz CT molecular complexity index is 396. The first-order valence-corrected chi connectivity index (χ1v) is 4.70. The maximum Gasteiger partial charge on any atom is 0.434 e. The van der Waals surface area contributed by atoms with Gasteiger partial charge >= 0.3 is 12.2 Å². The predicted molar refractivity (Wildman–Crippen MR) is 52.9 cm³/mol. The molecule has 96 valence electrons. The van der Waals surface area contributed by atoms with Crippen LogP contribution in [0.15, 0.2) is 0 Å². The number of halogens is 3. The van der Waals surface area contributed by atoms with Crippen molar-refractivity contribution < 1.29 is 22.6 Å². The third-order valence-corrected chi connectivity index (χ3v) is 1.99. The molecule has 1 aromatic heterocycles. The minimum Gasteiger partial charge on any atom is -0.481 e. The molecule has 0 aromatic carbocycles. The molecule has 0 bridgehead atoms. The van der Waals surface area contributed by atoms with E-state index in [0.29, 0.717) is 0 Å². The lowest BCUT2D eigenvalue weighted by Gasteiger charge is -2.14. The summed E-state index contributed by atoms with van der Waals surface area (Å²) in [5.41, 5.74) is 4.02. The lowest BCUT2D eigenvalue weighted by molar-refractivity contribution is -0.142. The van der Waals surface area contributed by atoms with Crippen molar-refractivity contribution in [2.45, 2.75) is 12.6 Å². The van der Waals surface area contributed by atoms with Gasteiger partial charge in [0.15, 0.2) is 5.69 Å². The van der Waals surface area contributed by atoms with Crippen molar-refractivity contribution >= 4 is 0 Å². The Labute approximate surface area is 95.8 Å². The van der Waals surface area contributed by atoms with E-state index in [0.717, 1.165) is 0 Å². The summed E-state index contributed by atoms with van der Waals surface area (Å²) in [4.78, 5) is 6.99. The quantitative estimate of drug-likeness (QED) is 0.864. The minimum absolute atomic E-state index is 0.0258. The third kappa shape index (κ3) is 2.96. The van der Waals surface area contributed by atoms with Crippen molar-refractivity contribution in [3.05, 3.63) is 11.3 Å². The van der Waals surface area contributed by atoms with Gasteiger partial charge in [-0.1, -0.05) is 0 Å². The molecule has 0 saturated carbocycles. The number of ether oxygens (including phenoxy) is 2. The Kier molecular flexibility index (Phi) is 4.11. The van der Waals surface area contributed by atoms with Gasteiger partial charge in [0, 0.05) is 5.56 Å². The summed E-state index contributed by atoms with van der Waals surface area (Å²) in [6.07, 6.45) is -4.63. The van der Waals surface area contributed by atoms with Gasteiger partial charge in [0.2, 0.25) is 5.88 Å². The number of alkyl halides is 3. The van der Waals surface area contributed by atoms with Crippen LogP contribution in [-0.4, -0.2) is 30.7 Å². The van der Waals surface area contributed by atoms with Crippen LogP contribution >= 0.6 is 0 Å². The average molecular weight is 251 g/mol. The molecule has 1 rings (SSSR count). The van der Waals surface area contributed by atoms with E-state index in [2.05, 4.69) is 14.7 Å². The summed E-state index contributed by atoms with van der Waals surface area (Å²) in [5.74, 6) is -0.172. The van der Waals surface area contributed by atoms with Crippen LogP contribution in [0.25, 0.3) is 0 Å². The zero-order chi connectivity index (χ0) is 13.1. The zero-order valence-corrected chi connectivity index (χ0v) is 9.34. The monoisotopic (exact) mass is 251 g/mol. The zero-order valence-electron chi connectivity index (χ0n) is 9.34. The molecule has 0 atom stereocenters. The van der Waals surface area contributed by atoms with Gasteiger partial charge < -0.3 is 15.2 Å². The van der Waals surface area contributed by atoms with Gasteiger partial charge in [-0.15, -0.1) is 0 Å². The molecule has 2 N–H and O–H groups in total. The smallest absolute Gasteiger partial charge is 0.434 e. The summed E-state index contributed by atoms with van der Waals surface area (Å²) in [5, 5.41) is 0. The molecule has 0 radical (unpaired) electrons. The third-order valence-electron chi connectivity index (χ3n) is 1.99. The van der Waals surface area contributed by atoms with Gasteiger partial charge in [0.05, 0.1) is 14.2 Å². The van der Waals surface area contributed by atoms with Crippen LogP contribution < -0.4 is 15.2 Å². The maximum absolute atomic E-state index is 12.8. The van der Waals surface area contributed by atoms with Crippen molar-refractivity contribution in [1.29, 1.82) is 0 Å². The van der Waals surface area contributed by atoms with E-state index in [4.69, 9.17) is 10.5 Å². The molecule has 1 heterocycles. The highest BCUT2D eigenvalue weighted by Crippen LogP contribution is 2.35. The molecule has 0 aliphatic rings. The molecule has 0 fully saturated rings. The van der Waals surface area contributed by atoms with E-state index in [9.17, 15) is 13.2 Å². The fourth-order valence-electron chi connectivity index (χ4n) is 1.31. The summed E-state index contributed by atoms with van der Waals surface area (Å²) in [7, 11) is 2.40. The SMILES string of the molecule is COc1nc(OC)c(CCN)c(C(F)(F)F)n1. The summed E-state index contributed by atoms with van der Waals surface area (Å²) in [6, 6.07) is -0.394. The van der Waals surface area contributed by atoms with Gasteiger partial charge in [0.1, 0.15) is 0 Å². The second-order valence-corrected chi connectivity index (χ2v) is 3.08. The second-order valence-electron chi connectivity index (χ2n) is 3.08. The lowest BCUT2D eigenvalue weighted by Crippen LogP contribution is -2.17. The second kappa shape index (κ2) is 5.17. The van der Waals surface area contributed by atoms with Crippen molar-refractivity contribution in [1.82, 2.24) is 9.97 Å². The van der Waals surface area contributed by atoms with Crippen molar-refractivity contribution in [3.63, 3.8) is 0 Å². The van der Waals surface area contributed by atoms with Gasteiger partial charge in [-0.05, 0) is 13.0 Å². The molecule has 0 aliphatic heterocycles. The van der Waals surface area contributed by atoms with E-state index in [1.165, 1.54) is 14.2 Å². The molecule has 0 saturated heterocycles. The molecule has 5 nitrogen and oxygen atoms in total. The van der Waals surface area contributed by atoms with E-state index in [1.807, 2.05) is 0 Å². The molecule has 0 amide bonds. The Morgan fingerprint density at radius 2 is 1.82 bits per heavy atom. The highest BCUT2D eigenvalue weighted by atomic mass is 19.4. The summed E-state index contributed by atoms with van der Waals surface area (Å²) in [6.45, 7) is 0.0368. The molecular weight excluding hydrogens is 239 g/mol. The van der Waals surface area contributed by atoms with Crippen LogP contribution in [0.1, 0.15) is 11.3 Å².